The minimum atomic E-state index is -0.0656. The molecule has 1 aromatic heterocycles. The molecule has 0 unspecified atom stereocenters. The highest BCUT2D eigenvalue weighted by Crippen LogP contribution is 2.22. The van der Waals surface area contributed by atoms with Gasteiger partial charge in [-0.05, 0) is 36.8 Å². The Morgan fingerprint density at radius 3 is 2.67 bits per heavy atom. The third-order valence-electron chi connectivity index (χ3n) is 3.40. The molecule has 0 aliphatic rings. The normalized spacial score (nSPS) is 11.0. The number of benzene rings is 2. The van der Waals surface area contributed by atoms with Crippen molar-refractivity contribution in [3.8, 4) is 0 Å². The summed E-state index contributed by atoms with van der Waals surface area (Å²) < 4.78 is 1.62. The van der Waals surface area contributed by atoms with Gasteiger partial charge in [-0.1, -0.05) is 41.4 Å². The van der Waals surface area contributed by atoms with Crippen molar-refractivity contribution in [2.24, 2.45) is 0 Å². The van der Waals surface area contributed by atoms with Crippen LogP contribution in [0.5, 0.6) is 0 Å². The van der Waals surface area contributed by atoms with E-state index in [1.807, 2.05) is 31.2 Å². The second kappa shape index (κ2) is 5.51. The van der Waals surface area contributed by atoms with Gasteiger partial charge in [0.25, 0.3) is 5.56 Å². The van der Waals surface area contributed by atoms with Gasteiger partial charge < -0.3 is 0 Å². The van der Waals surface area contributed by atoms with Crippen LogP contribution < -0.4 is 5.56 Å². The quantitative estimate of drug-likeness (QED) is 0.714. The van der Waals surface area contributed by atoms with Crippen molar-refractivity contribution in [2.45, 2.75) is 13.5 Å². The molecule has 0 radical (unpaired) electrons. The molecule has 0 saturated carbocycles. The maximum atomic E-state index is 12.6. The van der Waals surface area contributed by atoms with Gasteiger partial charge in [0.15, 0.2) is 0 Å². The van der Waals surface area contributed by atoms with Crippen molar-refractivity contribution in [1.82, 2.24) is 9.55 Å². The SMILES string of the molecule is Cc1nc2ccccc2c(=O)n1Cc1ccc(Cl)cc1Cl. The Balaban J connectivity index is 2.14. The van der Waals surface area contributed by atoms with Gasteiger partial charge in [-0.3, -0.25) is 9.36 Å². The van der Waals surface area contributed by atoms with Gasteiger partial charge in [-0.25, -0.2) is 4.98 Å². The molecule has 3 nitrogen and oxygen atoms in total. The summed E-state index contributed by atoms with van der Waals surface area (Å²) in [5.41, 5.74) is 1.48. The zero-order valence-corrected chi connectivity index (χ0v) is 12.8. The molecular weight excluding hydrogens is 307 g/mol. The molecule has 21 heavy (non-hydrogen) atoms. The molecule has 0 atom stereocenters. The van der Waals surface area contributed by atoms with Crippen LogP contribution in [-0.2, 0) is 6.54 Å². The van der Waals surface area contributed by atoms with Crippen LogP contribution in [0.4, 0.5) is 0 Å². The molecule has 2 aromatic carbocycles. The van der Waals surface area contributed by atoms with E-state index >= 15 is 0 Å². The van der Waals surface area contributed by atoms with Crippen LogP contribution in [0.25, 0.3) is 10.9 Å². The first-order valence-corrected chi connectivity index (χ1v) is 7.22. The maximum absolute atomic E-state index is 12.6. The third-order valence-corrected chi connectivity index (χ3v) is 3.98. The van der Waals surface area contributed by atoms with Crippen LogP contribution in [0.1, 0.15) is 11.4 Å². The summed E-state index contributed by atoms with van der Waals surface area (Å²) in [7, 11) is 0. The fraction of sp³-hybridized carbons (Fsp3) is 0.125. The van der Waals surface area contributed by atoms with Crippen LogP contribution in [0, 0.1) is 6.92 Å². The predicted octanol–water partition coefficient (Wildman–Crippen LogP) is 4.06. The molecule has 0 aliphatic carbocycles. The Bertz CT molecular complexity index is 887. The second-order valence-electron chi connectivity index (χ2n) is 4.80. The lowest BCUT2D eigenvalue weighted by atomic mass is 10.2. The Hall–Kier alpha value is -1.84. The molecule has 1 heterocycles. The first kappa shape index (κ1) is 14.1. The smallest absolute Gasteiger partial charge is 0.261 e. The van der Waals surface area contributed by atoms with Gasteiger partial charge in [0.2, 0.25) is 0 Å². The molecule has 0 aliphatic heterocycles. The lowest BCUT2D eigenvalue weighted by Gasteiger charge is -2.12. The van der Waals surface area contributed by atoms with E-state index in [1.54, 1.807) is 22.8 Å². The minimum Gasteiger partial charge on any atom is -0.292 e. The molecule has 5 heteroatoms. The molecule has 0 amide bonds. The van der Waals surface area contributed by atoms with E-state index < -0.39 is 0 Å². The van der Waals surface area contributed by atoms with Crippen LogP contribution in [0.15, 0.2) is 47.3 Å². The largest absolute Gasteiger partial charge is 0.292 e. The van der Waals surface area contributed by atoms with Crippen LogP contribution in [0.2, 0.25) is 10.0 Å². The zero-order chi connectivity index (χ0) is 15.0. The summed E-state index contributed by atoms with van der Waals surface area (Å²) in [6.07, 6.45) is 0. The van der Waals surface area contributed by atoms with Crippen LogP contribution in [0.3, 0.4) is 0 Å². The maximum Gasteiger partial charge on any atom is 0.261 e. The number of nitrogens with zero attached hydrogens (tertiary/aromatic N) is 2. The number of aryl methyl sites for hydroxylation is 1. The molecule has 0 spiro atoms. The Morgan fingerprint density at radius 2 is 1.90 bits per heavy atom. The van der Waals surface area contributed by atoms with Crippen molar-refractivity contribution in [2.75, 3.05) is 0 Å². The standard InChI is InChI=1S/C16H12Cl2N2O/c1-10-19-15-5-3-2-4-13(15)16(21)20(10)9-11-6-7-12(17)8-14(11)18/h2-8H,9H2,1H3. The number of hydrogen-bond donors (Lipinski definition) is 0. The first-order chi connectivity index (χ1) is 10.1. The molecule has 0 fully saturated rings. The summed E-state index contributed by atoms with van der Waals surface area (Å²) >= 11 is 12.1. The van der Waals surface area contributed by atoms with Gasteiger partial charge in [0.05, 0.1) is 17.4 Å². The van der Waals surface area contributed by atoms with Gasteiger partial charge in [0, 0.05) is 10.0 Å². The highest BCUT2D eigenvalue weighted by atomic mass is 35.5. The number of aromatic nitrogens is 2. The number of para-hydroxylation sites is 1. The monoisotopic (exact) mass is 318 g/mol. The lowest BCUT2D eigenvalue weighted by Crippen LogP contribution is -2.24. The van der Waals surface area contributed by atoms with E-state index in [-0.39, 0.29) is 5.56 Å². The van der Waals surface area contributed by atoms with Crippen molar-refractivity contribution in [1.29, 1.82) is 0 Å². The predicted molar refractivity (Wildman–Crippen MR) is 86.3 cm³/mol. The van der Waals surface area contributed by atoms with E-state index in [0.29, 0.717) is 33.3 Å². The third kappa shape index (κ3) is 2.67. The minimum absolute atomic E-state index is 0.0656. The van der Waals surface area contributed by atoms with E-state index in [4.69, 9.17) is 23.2 Å². The molecule has 106 valence electrons. The molecule has 0 saturated heterocycles. The number of halogens is 2. The Kier molecular flexibility index (Phi) is 3.70. The van der Waals surface area contributed by atoms with Crippen LogP contribution >= 0.6 is 23.2 Å². The number of fused-ring (bicyclic) bond motifs is 1. The van der Waals surface area contributed by atoms with Gasteiger partial charge in [0.1, 0.15) is 5.82 Å². The molecule has 3 rings (SSSR count). The van der Waals surface area contributed by atoms with E-state index in [0.717, 1.165) is 5.56 Å². The van der Waals surface area contributed by atoms with E-state index in [2.05, 4.69) is 4.98 Å². The fourth-order valence-electron chi connectivity index (χ4n) is 2.29. The Morgan fingerprint density at radius 1 is 1.14 bits per heavy atom. The van der Waals surface area contributed by atoms with E-state index in [1.165, 1.54) is 0 Å². The average molecular weight is 319 g/mol. The molecule has 0 bridgehead atoms. The number of rotatable bonds is 2. The zero-order valence-electron chi connectivity index (χ0n) is 11.3. The number of hydrogen-bond acceptors (Lipinski definition) is 2. The van der Waals surface area contributed by atoms with Crippen molar-refractivity contribution < 1.29 is 0 Å². The summed E-state index contributed by atoms with van der Waals surface area (Å²) in [6, 6.07) is 12.6. The van der Waals surface area contributed by atoms with Gasteiger partial charge in [-0.2, -0.15) is 0 Å². The topological polar surface area (TPSA) is 34.9 Å². The summed E-state index contributed by atoms with van der Waals surface area (Å²) in [4.78, 5) is 17.1. The fourth-order valence-corrected chi connectivity index (χ4v) is 2.75. The summed E-state index contributed by atoms with van der Waals surface area (Å²) in [5, 5.41) is 1.72. The summed E-state index contributed by atoms with van der Waals surface area (Å²) in [5.74, 6) is 0.657. The highest BCUT2D eigenvalue weighted by molar-refractivity contribution is 6.35. The van der Waals surface area contributed by atoms with E-state index in [9.17, 15) is 4.79 Å². The summed E-state index contributed by atoms with van der Waals surface area (Å²) in [6.45, 7) is 2.19. The van der Waals surface area contributed by atoms with Crippen molar-refractivity contribution >= 4 is 34.1 Å². The molecule has 0 N–H and O–H groups in total. The van der Waals surface area contributed by atoms with Gasteiger partial charge >= 0.3 is 0 Å². The first-order valence-electron chi connectivity index (χ1n) is 6.46. The van der Waals surface area contributed by atoms with Gasteiger partial charge in [-0.15, -0.1) is 0 Å². The molecule has 3 aromatic rings. The Labute approximate surface area is 131 Å². The van der Waals surface area contributed by atoms with Crippen molar-refractivity contribution in [3.63, 3.8) is 0 Å². The average Bonchev–Trinajstić information content (AvgIpc) is 2.45. The second-order valence-corrected chi connectivity index (χ2v) is 5.65. The lowest BCUT2D eigenvalue weighted by molar-refractivity contribution is 0.713. The van der Waals surface area contributed by atoms with Crippen LogP contribution in [-0.4, -0.2) is 9.55 Å². The molecular formula is C16H12Cl2N2O. The van der Waals surface area contributed by atoms with Crippen molar-refractivity contribution in [3.05, 3.63) is 74.3 Å². The highest BCUT2D eigenvalue weighted by Gasteiger charge is 2.10.